The molecule has 0 saturated heterocycles. The quantitative estimate of drug-likeness (QED) is 0.0570. The zero-order valence-electron chi connectivity index (χ0n) is 28.0. The van der Waals surface area contributed by atoms with Gasteiger partial charge in [0.15, 0.2) is 0 Å². The van der Waals surface area contributed by atoms with Crippen molar-refractivity contribution >= 4 is 67.6 Å². The fourth-order valence-corrected chi connectivity index (χ4v) is 5.29. The van der Waals surface area contributed by atoms with E-state index >= 15 is 0 Å². The molecule has 0 aromatic heterocycles. The number of amides is 5. The number of alkyl halides is 2. The third-order valence-corrected chi connectivity index (χ3v) is 8.48. The molecule has 0 radical (unpaired) electrons. The van der Waals surface area contributed by atoms with Crippen LogP contribution < -0.4 is 32.3 Å². The van der Waals surface area contributed by atoms with E-state index in [4.69, 9.17) is 0 Å². The summed E-state index contributed by atoms with van der Waals surface area (Å²) in [7, 11) is 1.50. The molecule has 12 nitrogen and oxygen atoms in total. The molecule has 0 aliphatic carbocycles. The second-order valence-electron chi connectivity index (χ2n) is 11.3. The molecule has 2 aromatic carbocycles. The van der Waals surface area contributed by atoms with E-state index in [1.165, 1.54) is 7.05 Å². The lowest BCUT2D eigenvalue weighted by Crippen LogP contribution is -2.54. The standard InChI is InChI=1S/C33H45Br2N5O6.CH5N/c1-22(2)30(33(46)39-28(7-6-13-36-21-42)32(45)38-27-11-9-23(20-41)10-12-27)40-29(43)8-4-3-5-14-37-31(44)26-16-24(18-34)15-25(17-26)19-35;1-2/h9-12,15-17,21-22,28,30,41H,3-8,13-14,18-20H2,1-2H3,(H,36,42)(H,37,44)(H,38,45)(H,39,46)(H,40,43);2H2,1H3/t28-,30?;/m0./s1. The number of halogens is 2. The number of unbranched alkanes of at least 4 members (excludes halogenated alkanes) is 2. The Kier molecular flexibility index (Phi) is 22.0. The van der Waals surface area contributed by atoms with Gasteiger partial charge in [0.05, 0.1) is 6.61 Å². The molecule has 0 saturated carbocycles. The lowest BCUT2D eigenvalue weighted by atomic mass is 10.0. The fraction of sp³-hybridized carbons (Fsp3) is 0.500. The Hall–Kier alpha value is -3.33. The van der Waals surface area contributed by atoms with E-state index in [2.05, 4.69) is 64.2 Å². The van der Waals surface area contributed by atoms with Crippen molar-refractivity contribution in [3.05, 3.63) is 64.7 Å². The maximum atomic E-state index is 13.3. The van der Waals surface area contributed by atoms with Crippen LogP contribution in [0.5, 0.6) is 0 Å². The number of nitrogens with two attached hydrogens (primary N) is 1. The highest BCUT2D eigenvalue weighted by atomic mass is 79.9. The van der Waals surface area contributed by atoms with E-state index in [1.54, 1.807) is 24.3 Å². The van der Waals surface area contributed by atoms with Crippen molar-refractivity contribution in [2.45, 2.75) is 81.7 Å². The first-order valence-corrected chi connectivity index (χ1v) is 18.2. The summed E-state index contributed by atoms with van der Waals surface area (Å²) in [6.07, 6.45) is 3.51. The van der Waals surface area contributed by atoms with Crippen molar-refractivity contribution in [2.75, 3.05) is 25.5 Å². The van der Waals surface area contributed by atoms with E-state index in [0.29, 0.717) is 66.2 Å². The molecule has 8 N–H and O–H groups in total. The number of hydrogen-bond acceptors (Lipinski definition) is 7. The van der Waals surface area contributed by atoms with Crippen LogP contribution in [0.4, 0.5) is 5.69 Å². The van der Waals surface area contributed by atoms with Crippen LogP contribution in [0.1, 0.15) is 79.4 Å². The average Bonchev–Trinajstić information content (AvgIpc) is 3.10. The number of carbonyl (C=O) groups is 5. The third kappa shape index (κ3) is 16.2. The van der Waals surface area contributed by atoms with Crippen molar-refractivity contribution in [1.29, 1.82) is 0 Å². The van der Waals surface area contributed by atoms with Crippen LogP contribution in [0.25, 0.3) is 0 Å². The fourth-order valence-electron chi connectivity index (χ4n) is 4.64. The summed E-state index contributed by atoms with van der Waals surface area (Å²) in [6, 6.07) is 10.7. The molecule has 2 rings (SSSR count). The molecule has 0 aliphatic heterocycles. The van der Waals surface area contributed by atoms with Crippen molar-refractivity contribution in [1.82, 2.24) is 21.3 Å². The number of carbonyl (C=O) groups excluding carboxylic acids is 5. The number of nitrogens with one attached hydrogen (secondary N) is 5. The third-order valence-electron chi connectivity index (χ3n) is 7.19. The van der Waals surface area contributed by atoms with Gasteiger partial charge >= 0.3 is 0 Å². The molecule has 266 valence electrons. The number of anilines is 1. The van der Waals surface area contributed by atoms with Crippen molar-refractivity contribution in [2.24, 2.45) is 11.7 Å². The van der Waals surface area contributed by atoms with Crippen LogP contribution in [-0.2, 0) is 36.4 Å². The Balaban J connectivity index is 0.00000565. The number of aliphatic hydroxyl groups is 1. The zero-order valence-corrected chi connectivity index (χ0v) is 31.1. The highest BCUT2D eigenvalue weighted by molar-refractivity contribution is 9.08. The molecule has 0 heterocycles. The Morgan fingerprint density at radius 1 is 0.833 bits per heavy atom. The first kappa shape index (κ1) is 42.7. The van der Waals surface area contributed by atoms with E-state index in [0.717, 1.165) is 17.5 Å². The Bertz CT molecular complexity index is 1270. The van der Waals surface area contributed by atoms with Crippen molar-refractivity contribution in [3.8, 4) is 0 Å². The van der Waals surface area contributed by atoms with Crippen LogP contribution in [-0.4, -0.2) is 67.4 Å². The minimum Gasteiger partial charge on any atom is -0.392 e. The lowest BCUT2D eigenvalue weighted by molar-refractivity contribution is -0.132. The zero-order chi connectivity index (χ0) is 35.9. The molecule has 0 aliphatic rings. The number of hydrogen-bond donors (Lipinski definition) is 7. The largest absolute Gasteiger partial charge is 0.392 e. The number of rotatable bonds is 21. The SMILES string of the molecule is CC(C)C(NC(=O)CCCCCNC(=O)c1cc(CBr)cc(CBr)c1)C(=O)N[C@@H](CCCNC=O)C(=O)Nc1ccc(CO)cc1.CN. The summed E-state index contributed by atoms with van der Waals surface area (Å²) in [4.78, 5) is 62.4. The lowest BCUT2D eigenvalue weighted by Gasteiger charge is -2.25. The smallest absolute Gasteiger partial charge is 0.251 e. The average molecular weight is 799 g/mol. The van der Waals surface area contributed by atoms with Crippen molar-refractivity contribution < 1.29 is 29.1 Å². The Morgan fingerprint density at radius 2 is 1.48 bits per heavy atom. The van der Waals surface area contributed by atoms with Crippen LogP contribution >= 0.6 is 31.9 Å². The Labute approximate surface area is 300 Å². The molecule has 2 aromatic rings. The predicted molar refractivity (Wildman–Crippen MR) is 196 cm³/mol. The van der Waals surface area contributed by atoms with E-state index < -0.39 is 23.9 Å². The summed E-state index contributed by atoms with van der Waals surface area (Å²) in [5.41, 5.74) is 8.36. The van der Waals surface area contributed by atoms with Gasteiger partial charge in [0, 0.05) is 41.4 Å². The van der Waals surface area contributed by atoms with Crippen LogP contribution in [0.3, 0.4) is 0 Å². The van der Waals surface area contributed by atoms with E-state index in [-0.39, 0.29) is 37.2 Å². The van der Waals surface area contributed by atoms with Gasteiger partial charge in [-0.25, -0.2) is 0 Å². The molecule has 14 heteroatoms. The molecule has 5 amide bonds. The maximum absolute atomic E-state index is 13.3. The summed E-state index contributed by atoms with van der Waals surface area (Å²) in [5, 5.41) is 24.4. The highest BCUT2D eigenvalue weighted by Crippen LogP contribution is 2.16. The van der Waals surface area contributed by atoms with Gasteiger partial charge in [-0.2, -0.15) is 0 Å². The molecule has 48 heavy (non-hydrogen) atoms. The molecule has 0 bridgehead atoms. The molecule has 1 unspecified atom stereocenters. The minimum atomic E-state index is -0.903. The van der Waals surface area contributed by atoms with Gasteiger partial charge in [-0.3, -0.25) is 24.0 Å². The van der Waals surface area contributed by atoms with Gasteiger partial charge < -0.3 is 37.4 Å². The number of aliphatic hydroxyl groups excluding tert-OH is 1. The highest BCUT2D eigenvalue weighted by Gasteiger charge is 2.28. The summed E-state index contributed by atoms with van der Waals surface area (Å²) >= 11 is 6.87. The van der Waals surface area contributed by atoms with Crippen LogP contribution in [0.15, 0.2) is 42.5 Å². The minimum absolute atomic E-state index is 0.122. The molecule has 0 fully saturated rings. The summed E-state index contributed by atoms with van der Waals surface area (Å²) in [6.45, 7) is 4.33. The second kappa shape index (κ2) is 24.8. The van der Waals surface area contributed by atoms with Gasteiger partial charge in [0.2, 0.25) is 24.1 Å². The normalized spacial score (nSPS) is 11.8. The van der Waals surface area contributed by atoms with Gasteiger partial charge in [-0.15, -0.1) is 0 Å². The molecule has 2 atom stereocenters. The molecule has 0 spiro atoms. The van der Waals surface area contributed by atoms with Crippen LogP contribution in [0.2, 0.25) is 0 Å². The first-order valence-electron chi connectivity index (χ1n) is 16.0. The van der Waals surface area contributed by atoms with Crippen molar-refractivity contribution in [3.63, 3.8) is 0 Å². The number of benzene rings is 2. The molecular formula is C34H50Br2N6O6. The maximum Gasteiger partial charge on any atom is 0.251 e. The monoisotopic (exact) mass is 796 g/mol. The van der Waals surface area contributed by atoms with Gasteiger partial charge in [-0.1, -0.05) is 70.3 Å². The first-order chi connectivity index (χ1) is 23.1. The van der Waals surface area contributed by atoms with E-state index in [9.17, 15) is 29.1 Å². The van der Waals surface area contributed by atoms with Crippen LogP contribution in [0, 0.1) is 5.92 Å². The Morgan fingerprint density at radius 3 is 2.04 bits per heavy atom. The summed E-state index contributed by atoms with van der Waals surface area (Å²) in [5.74, 6) is -1.56. The topological polar surface area (TPSA) is 192 Å². The summed E-state index contributed by atoms with van der Waals surface area (Å²) < 4.78 is 0. The van der Waals surface area contributed by atoms with Gasteiger partial charge in [0.25, 0.3) is 5.91 Å². The predicted octanol–water partition coefficient (Wildman–Crippen LogP) is 3.62. The van der Waals surface area contributed by atoms with Gasteiger partial charge in [0.1, 0.15) is 12.1 Å². The second-order valence-corrected chi connectivity index (χ2v) is 12.4. The van der Waals surface area contributed by atoms with Gasteiger partial charge in [-0.05, 0) is 79.6 Å². The molecular weight excluding hydrogens is 748 g/mol. The van der Waals surface area contributed by atoms with E-state index in [1.807, 2.05) is 32.0 Å².